The van der Waals surface area contributed by atoms with Gasteiger partial charge in [-0.1, -0.05) is 0 Å². The Bertz CT molecular complexity index is 1490. The van der Waals surface area contributed by atoms with Crippen LogP contribution < -0.4 is 24.3 Å². The van der Waals surface area contributed by atoms with Crippen molar-refractivity contribution < 1.29 is 27.6 Å². The number of ether oxygens (including phenoxy) is 2. The zero-order chi connectivity index (χ0) is 29.9. The first-order valence-electron chi connectivity index (χ1n) is 14.6. The van der Waals surface area contributed by atoms with Crippen molar-refractivity contribution in [3.8, 4) is 5.75 Å². The van der Waals surface area contributed by atoms with Crippen LogP contribution >= 0.6 is 0 Å². The molecule has 230 valence electrons. The average molecular weight is 603 g/mol. The molecule has 13 heteroatoms. The summed E-state index contributed by atoms with van der Waals surface area (Å²) in [6, 6.07) is 3.76. The van der Waals surface area contributed by atoms with Gasteiger partial charge in [-0.05, 0) is 51.2 Å². The third-order valence-electron chi connectivity index (χ3n) is 8.67. The third kappa shape index (κ3) is 4.95. The molecule has 4 aliphatic heterocycles. The smallest absolute Gasteiger partial charge is 0.296 e. The highest BCUT2D eigenvalue weighted by molar-refractivity contribution is 7.86. The summed E-state index contributed by atoms with van der Waals surface area (Å²) in [5.41, 5.74) is 8.03. The second-order valence-electron chi connectivity index (χ2n) is 11.9. The first-order chi connectivity index (χ1) is 20.0. The van der Waals surface area contributed by atoms with Crippen LogP contribution in [0.1, 0.15) is 36.1 Å². The van der Waals surface area contributed by atoms with Gasteiger partial charge in [-0.15, -0.1) is 0 Å². The maximum atomic E-state index is 12.7. The molecule has 0 saturated heterocycles. The first kappa shape index (κ1) is 29.3. The van der Waals surface area contributed by atoms with Gasteiger partial charge in [0.05, 0.1) is 43.7 Å². The van der Waals surface area contributed by atoms with Crippen LogP contribution in [0.2, 0.25) is 0 Å². The van der Waals surface area contributed by atoms with Crippen LogP contribution in [-0.2, 0) is 41.0 Å². The van der Waals surface area contributed by atoms with Gasteiger partial charge in [0.2, 0.25) is 0 Å². The second kappa shape index (κ2) is 11.0. The first-order valence-corrected chi connectivity index (χ1v) is 16.0. The summed E-state index contributed by atoms with van der Waals surface area (Å²) in [7, 11) is 1.24. The van der Waals surface area contributed by atoms with Crippen LogP contribution in [0.25, 0.3) is 0 Å². The van der Waals surface area contributed by atoms with Gasteiger partial charge in [0, 0.05) is 63.2 Å². The summed E-state index contributed by atoms with van der Waals surface area (Å²) in [6.45, 7) is 10.4. The predicted octanol–water partition coefficient (Wildman–Crippen LogP) is 2.08. The quantitative estimate of drug-likeness (QED) is 0.432. The lowest BCUT2D eigenvalue weighted by Crippen LogP contribution is -2.50. The van der Waals surface area contributed by atoms with E-state index in [1.54, 1.807) is 13.2 Å². The van der Waals surface area contributed by atoms with Gasteiger partial charge in [-0.3, -0.25) is 14.4 Å². The molecule has 0 radical (unpaired) electrons. The third-order valence-corrected chi connectivity index (χ3v) is 9.54. The molecule has 0 fully saturated rings. The van der Waals surface area contributed by atoms with Gasteiger partial charge in [0.25, 0.3) is 10.1 Å². The molecule has 0 aromatic heterocycles. The van der Waals surface area contributed by atoms with E-state index < -0.39 is 16.2 Å². The Hall–Kier alpha value is -2.81. The maximum Gasteiger partial charge on any atom is 0.296 e. The minimum absolute atomic E-state index is 0.0291. The summed E-state index contributed by atoms with van der Waals surface area (Å²) < 4.78 is 47.2. The molecular formula is C29H42N6O6S. The number of rotatable bonds is 8. The van der Waals surface area contributed by atoms with E-state index >= 15 is 0 Å². The summed E-state index contributed by atoms with van der Waals surface area (Å²) in [5.74, 6) is 0.707. The number of benzene rings is 2. The number of methoxy groups -OCH3 is 1. The van der Waals surface area contributed by atoms with Crippen molar-refractivity contribution in [1.29, 1.82) is 0 Å². The van der Waals surface area contributed by atoms with Crippen LogP contribution in [0.3, 0.4) is 0 Å². The molecule has 0 aliphatic carbocycles. The van der Waals surface area contributed by atoms with Crippen LogP contribution in [0.5, 0.6) is 5.75 Å². The molecular weight excluding hydrogens is 560 g/mol. The highest BCUT2D eigenvalue weighted by Gasteiger charge is 2.41. The molecule has 4 heterocycles. The Labute approximate surface area is 248 Å². The molecule has 0 saturated carbocycles. The molecule has 2 N–H and O–H groups in total. The highest BCUT2D eigenvalue weighted by atomic mass is 32.2. The van der Waals surface area contributed by atoms with E-state index in [-0.39, 0.29) is 18.1 Å². The van der Waals surface area contributed by atoms with E-state index in [0.29, 0.717) is 51.0 Å². The fraction of sp³-hybridized carbons (Fsp3) is 0.586. The maximum absolute atomic E-state index is 12.7. The lowest BCUT2D eigenvalue weighted by molar-refractivity contribution is 0.0326. The summed E-state index contributed by atoms with van der Waals surface area (Å²) >= 11 is 0. The Morgan fingerprint density at radius 3 is 2.10 bits per heavy atom. The number of fused-ring (bicyclic) bond motifs is 10. The largest absolute Gasteiger partial charge is 0.489 e. The van der Waals surface area contributed by atoms with E-state index in [2.05, 4.69) is 44.5 Å². The lowest BCUT2D eigenvalue weighted by atomic mass is 9.92. The van der Waals surface area contributed by atoms with Crippen LogP contribution in [0, 0.1) is 0 Å². The zero-order valence-electron chi connectivity index (χ0n) is 25.1. The van der Waals surface area contributed by atoms with Crippen LogP contribution in [0.15, 0.2) is 17.0 Å². The summed E-state index contributed by atoms with van der Waals surface area (Å²) in [5, 5.41) is 10.4. The number of anilines is 4. The van der Waals surface area contributed by atoms with Crippen molar-refractivity contribution in [3.63, 3.8) is 0 Å². The van der Waals surface area contributed by atoms with Crippen molar-refractivity contribution >= 4 is 32.9 Å². The van der Waals surface area contributed by atoms with Gasteiger partial charge < -0.3 is 34.2 Å². The Balaban J connectivity index is 1.52. The van der Waals surface area contributed by atoms with E-state index in [1.807, 2.05) is 18.9 Å². The van der Waals surface area contributed by atoms with Crippen molar-refractivity contribution in [3.05, 3.63) is 34.4 Å². The number of hydrogen-bond acceptors (Lipinski definition) is 11. The molecule has 42 heavy (non-hydrogen) atoms. The molecule has 1 unspecified atom stereocenters. The van der Waals surface area contributed by atoms with Crippen molar-refractivity contribution in [1.82, 2.24) is 9.80 Å². The molecule has 4 aliphatic rings. The second-order valence-corrected chi connectivity index (χ2v) is 13.3. The molecule has 0 spiro atoms. The molecule has 2 aromatic rings. The Kier molecular flexibility index (Phi) is 7.69. The monoisotopic (exact) mass is 602 g/mol. The van der Waals surface area contributed by atoms with Gasteiger partial charge in [0.1, 0.15) is 23.4 Å². The van der Waals surface area contributed by atoms with Crippen LogP contribution in [-0.4, -0.2) is 101 Å². The Morgan fingerprint density at radius 1 is 0.810 bits per heavy atom. The number of aliphatic hydroxyl groups is 1. The minimum atomic E-state index is -4.46. The van der Waals surface area contributed by atoms with Gasteiger partial charge in [-0.2, -0.15) is 8.42 Å². The molecule has 1 atom stereocenters. The topological polar surface area (TPSA) is 112 Å². The molecule has 6 rings (SSSR count). The summed E-state index contributed by atoms with van der Waals surface area (Å²) in [4.78, 5) is 13.4. The predicted molar refractivity (Wildman–Crippen MR) is 162 cm³/mol. The number of hydrogen-bond donors (Lipinski definition) is 2. The SMILES string of the molecule is CCN1CN(C)Cc2cc(OCC(O)COC)c3c(c21)CN1CN3Cc2cc(S(=O)(=O)O)c3c(c21)CN(C)CN3CC. The van der Waals surface area contributed by atoms with E-state index in [1.165, 1.54) is 16.8 Å². The lowest BCUT2D eigenvalue weighted by Gasteiger charge is -2.50. The van der Waals surface area contributed by atoms with E-state index in [9.17, 15) is 18.1 Å². The van der Waals surface area contributed by atoms with E-state index in [0.717, 1.165) is 42.3 Å². The molecule has 2 bridgehead atoms. The number of aliphatic hydroxyl groups excluding tert-OH is 1. The minimum Gasteiger partial charge on any atom is -0.489 e. The normalized spacial score (nSPS) is 19.3. The highest BCUT2D eigenvalue weighted by Crippen LogP contribution is 2.52. The van der Waals surface area contributed by atoms with Crippen molar-refractivity contribution in [2.75, 3.05) is 87.1 Å². The summed E-state index contributed by atoms with van der Waals surface area (Å²) in [6.07, 6.45) is -0.763. The van der Waals surface area contributed by atoms with Crippen molar-refractivity contribution in [2.24, 2.45) is 0 Å². The van der Waals surface area contributed by atoms with Crippen LogP contribution in [0.4, 0.5) is 22.7 Å². The fourth-order valence-corrected chi connectivity index (χ4v) is 7.95. The van der Waals surface area contributed by atoms with E-state index in [4.69, 9.17) is 9.47 Å². The van der Waals surface area contributed by atoms with Crippen molar-refractivity contribution in [2.45, 2.75) is 51.0 Å². The van der Waals surface area contributed by atoms with Gasteiger partial charge >= 0.3 is 0 Å². The molecule has 2 aromatic carbocycles. The Morgan fingerprint density at radius 2 is 1.43 bits per heavy atom. The van der Waals surface area contributed by atoms with Gasteiger partial charge in [0.15, 0.2) is 0 Å². The average Bonchev–Trinajstić information content (AvgIpc) is 2.93. The number of nitrogens with zero attached hydrogens (tertiary/aromatic N) is 6. The standard InChI is InChI=1S/C29H42N6O6S/c1-6-32-16-30(3)10-19-8-24(41-15-21(36)14-40-5)28-23(26(19)32)13-35-18-34(28)11-20-9-25(42(37,38)39)29-22(27(20)35)12-31(4)17-33(29)7-2/h8-9,21,36H,6-7,10-18H2,1-5H3,(H,37,38,39). The molecule has 12 nitrogen and oxygen atoms in total. The zero-order valence-corrected chi connectivity index (χ0v) is 25.9. The van der Waals surface area contributed by atoms with Gasteiger partial charge in [-0.25, -0.2) is 0 Å². The fourth-order valence-electron chi connectivity index (χ4n) is 7.16. The molecule has 0 amide bonds.